The number of rotatable bonds is 6. The number of sulfonamides is 1. The Hall–Kier alpha value is -0.100. The fourth-order valence-electron chi connectivity index (χ4n) is 0.815. The number of hydrogen-bond donors (Lipinski definition) is 1. The first kappa shape index (κ1) is 12.9. The highest BCUT2D eigenvalue weighted by Gasteiger charge is 2.06. The Morgan fingerprint density at radius 3 is 2.38 bits per heavy atom. The number of nitrogens with one attached hydrogen (secondary N) is 1. The highest BCUT2D eigenvalue weighted by Crippen LogP contribution is 2.01. The van der Waals surface area contributed by atoms with Crippen molar-refractivity contribution in [3.05, 3.63) is 0 Å². The Kier molecular flexibility index (Phi) is 6.32. The summed E-state index contributed by atoms with van der Waals surface area (Å²) in [5, 5.41) is 0.917. The first-order valence-electron chi connectivity index (χ1n) is 4.02. The molecule has 0 atom stereocenters. The van der Waals surface area contributed by atoms with Crippen molar-refractivity contribution in [2.24, 2.45) is 0 Å². The fourth-order valence-corrected chi connectivity index (χ4v) is 1.73. The molecule has 0 aliphatic rings. The Bertz CT molecular complexity index is 250. The van der Waals surface area contributed by atoms with Crippen molar-refractivity contribution in [3.8, 4) is 0 Å². The van der Waals surface area contributed by atoms with Crippen LogP contribution in [0.1, 0.15) is 25.7 Å². The molecule has 0 aromatic carbocycles. The van der Waals surface area contributed by atoms with Crippen molar-refractivity contribution < 1.29 is 13.2 Å². The summed E-state index contributed by atoms with van der Waals surface area (Å²) in [6.45, 7) is 0. The lowest BCUT2D eigenvalue weighted by Crippen LogP contribution is -2.28. The van der Waals surface area contributed by atoms with Crippen LogP contribution < -0.4 is 4.72 Å². The largest absolute Gasteiger partial charge is 0.274 e. The van der Waals surface area contributed by atoms with Crippen molar-refractivity contribution in [1.82, 2.24) is 4.72 Å². The standard InChI is InChI=1S/C7H14BrNO3S/c1-13(11,12)9-7(10)5-3-2-4-6-8/h2-6H2,1H3,(H,9,10). The summed E-state index contributed by atoms with van der Waals surface area (Å²) < 4.78 is 23.1. The molecule has 1 amide bonds. The third-order valence-corrected chi connectivity index (χ3v) is 2.50. The summed E-state index contributed by atoms with van der Waals surface area (Å²) >= 11 is 3.27. The fraction of sp³-hybridized carbons (Fsp3) is 0.857. The van der Waals surface area contributed by atoms with Crippen molar-refractivity contribution in [2.75, 3.05) is 11.6 Å². The molecular formula is C7H14BrNO3S. The average Bonchev–Trinajstić information content (AvgIpc) is 1.94. The van der Waals surface area contributed by atoms with E-state index in [-0.39, 0.29) is 6.42 Å². The molecule has 0 saturated heterocycles. The van der Waals surface area contributed by atoms with Crippen molar-refractivity contribution in [2.45, 2.75) is 25.7 Å². The molecule has 0 heterocycles. The third-order valence-electron chi connectivity index (χ3n) is 1.34. The predicted octanol–water partition coefficient (Wildman–Crippen LogP) is 1.02. The molecule has 0 radical (unpaired) electrons. The van der Waals surface area contributed by atoms with Crippen LogP contribution >= 0.6 is 15.9 Å². The van der Waals surface area contributed by atoms with Gasteiger partial charge >= 0.3 is 0 Å². The van der Waals surface area contributed by atoms with Gasteiger partial charge in [0.25, 0.3) is 0 Å². The summed E-state index contributed by atoms with van der Waals surface area (Å²) in [7, 11) is -3.37. The molecule has 4 nitrogen and oxygen atoms in total. The van der Waals surface area contributed by atoms with Gasteiger partial charge in [0.2, 0.25) is 15.9 Å². The lowest BCUT2D eigenvalue weighted by Gasteiger charge is -2.01. The van der Waals surface area contributed by atoms with Gasteiger partial charge in [-0.2, -0.15) is 0 Å². The maximum atomic E-state index is 10.9. The molecule has 0 bridgehead atoms. The summed E-state index contributed by atoms with van der Waals surface area (Å²) in [5.41, 5.74) is 0. The maximum Gasteiger partial charge on any atom is 0.233 e. The molecule has 0 aromatic rings. The minimum atomic E-state index is -3.37. The molecule has 0 aromatic heterocycles. The van der Waals surface area contributed by atoms with Gasteiger partial charge in [-0.05, 0) is 12.8 Å². The monoisotopic (exact) mass is 271 g/mol. The van der Waals surface area contributed by atoms with Gasteiger partial charge in [-0.1, -0.05) is 22.4 Å². The predicted molar refractivity (Wildman–Crippen MR) is 55.2 cm³/mol. The lowest BCUT2D eigenvalue weighted by atomic mass is 10.2. The van der Waals surface area contributed by atoms with E-state index in [9.17, 15) is 13.2 Å². The summed E-state index contributed by atoms with van der Waals surface area (Å²) in [6, 6.07) is 0. The topological polar surface area (TPSA) is 63.2 Å². The molecule has 0 spiro atoms. The van der Waals surface area contributed by atoms with E-state index in [0.29, 0.717) is 0 Å². The smallest absolute Gasteiger partial charge is 0.233 e. The van der Waals surface area contributed by atoms with Crippen LogP contribution in [-0.2, 0) is 14.8 Å². The second kappa shape index (κ2) is 6.37. The van der Waals surface area contributed by atoms with Crippen LogP contribution in [0.3, 0.4) is 0 Å². The Labute approximate surface area is 87.3 Å². The second-order valence-electron chi connectivity index (χ2n) is 2.80. The molecule has 13 heavy (non-hydrogen) atoms. The molecule has 0 fully saturated rings. The highest BCUT2D eigenvalue weighted by molar-refractivity contribution is 9.09. The number of amides is 1. The van der Waals surface area contributed by atoms with E-state index in [1.165, 1.54) is 0 Å². The number of alkyl halides is 1. The highest BCUT2D eigenvalue weighted by atomic mass is 79.9. The van der Waals surface area contributed by atoms with Crippen LogP contribution in [-0.4, -0.2) is 25.9 Å². The number of carbonyl (C=O) groups is 1. The molecule has 0 unspecified atom stereocenters. The van der Waals surface area contributed by atoms with Crippen LogP contribution in [0.25, 0.3) is 0 Å². The molecule has 78 valence electrons. The first-order valence-corrected chi connectivity index (χ1v) is 7.03. The van der Waals surface area contributed by atoms with Crippen LogP contribution in [0.15, 0.2) is 0 Å². The summed E-state index contributed by atoms with van der Waals surface area (Å²) in [5.74, 6) is -0.419. The second-order valence-corrected chi connectivity index (χ2v) is 5.34. The van der Waals surface area contributed by atoms with Gasteiger partial charge < -0.3 is 0 Å². The molecular weight excluding hydrogens is 258 g/mol. The number of halogens is 1. The van der Waals surface area contributed by atoms with Gasteiger partial charge in [-0.15, -0.1) is 0 Å². The van der Waals surface area contributed by atoms with Crippen molar-refractivity contribution in [1.29, 1.82) is 0 Å². The van der Waals surface area contributed by atoms with Crippen molar-refractivity contribution in [3.63, 3.8) is 0 Å². The first-order chi connectivity index (χ1) is 5.95. The minimum absolute atomic E-state index is 0.278. The zero-order chi connectivity index (χ0) is 10.3. The quantitative estimate of drug-likeness (QED) is 0.580. The molecule has 6 heteroatoms. The van der Waals surface area contributed by atoms with Crippen LogP contribution in [0.5, 0.6) is 0 Å². The average molecular weight is 272 g/mol. The van der Waals surface area contributed by atoms with Gasteiger partial charge in [-0.3, -0.25) is 9.52 Å². The molecule has 0 aliphatic carbocycles. The Morgan fingerprint density at radius 1 is 1.31 bits per heavy atom. The summed E-state index contributed by atoms with van der Waals surface area (Å²) in [6.07, 6.45) is 3.92. The number of hydrogen-bond acceptors (Lipinski definition) is 3. The van der Waals surface area contributed by atoms with E-state index in [0.717, 1.165) is 30.8 Å². The van der Waals surface area contributed by atoms with Gasteiger partial charge in [0, 0.05) is 11.8 Å². The van der Waals surface area contributed by atoms with E-state index in [2.05, 4.69) is 15.9 Å². The van der Waals surface area contributed by atoms with Gasteiger partial charge in [0.15, 0.2) is 0 Å². The van der Waals surface area contributed by atoms with Gasteiger partial charge in [0.1, 0.15) is 0 Å². The summed E-state index contributed by atoms with van der Waals surface area (Å²) in [4.78, 5) is 10.9. The molecule has 0 rings (SSSR count). The van der Waals surface area contributed by atoms with E-state index < -0.39 is 15.9 Å². The van der Waals surface area contributed by atoms with Crippen LogP contribution in [0.4, 0.5) is 0 Å². The SMILES string of the molecule is CS(=O)(=O)NC(=O)CCCCCBr. The minimum Gasteiger partial charge on any atom is -0.274 e. The molecule has 0 aliphatic heterocycles. The molecule has 1 N–H and O–H groups in total. The Morgan fingerprint density at radius 2 is 1.92 bits per heavy atom. The van der Waals surface area contributed by atoms with Crippen LogP contribution in [0, 0.1) is 0 Å². The van der Waals surface area contributed by atoms with Crippen molar-refractivity contribution >= 4 is 31.9 Å². The van der Waals surface area contributed by atoms with E-state index in [4.69, 9.17) is 0 Å². The lowest BCUT2D eigenvalue weighted by molar-refractivity contribution is -0.119. The Balaban J connectivity index is 3.53. The van der Waals surface area contributed by atoms with E-state index in [1.807, 2.05) is 4.72 Å². The number of unbranched alkanes of at least 4 members (excludes halogenated alkanes) is 2. The zero-order valence-electron chi connectivity index (χ0n) is 7.55. The normalized spacial score (nSPS) is 11.2. The number of carbonyl (C=O) groups excluding carboxylic acids is 1. The zero-order valence-corrected chi connectivity index (χ0v) is 9.95. The molecule has 0 saturated carbocycles. The third kappa shape index (κ3) is 9.82. The van der Waals surface area contributed by atoms with Gasteiger partial charge in [0.05, 0.1) is 6.26 Å². The van der Waals surface area contributed by atoms with E-state index in [1.54, 1.807) is 0 Å². The van der Waals surface area contributed by atoms with E-state index >= 15 is 0 Å². The van der Waals surface area contributed by atoms with Gasteiger partial charge in [-0.25, -0.2) is 8.42 Å². The van der Waals surface area contributed by atoms with Crippen LogP contribution in [0.2, 0.25) is 0 Å². The maximum absolute atomic E-state index is 10.9.